The topological polar surface area (TPSA) is 40.6 Å². The van der Waals surface area contributed by atoms with Crippen LogP contribution in [0.4, 0.5) is 11.4 Å². The maximum absolute atomic E-state index is 12.3. The van der Waals surface area contributed by atoms with E-state index in [9.17, 15) is 9.59 Å². The van der Waals surface area contributed by atoms with E-state index in [-0.39, 0.29) is 30.3 Å². The minimum Gasteiger partial charge on any atom is -0.307 e. The molecule has 2 rings (SSSR count). The lowest BCUT2D eigenvalue weighted by molar-refractivity contribution is -0.126. The fourth-order valence-electron chi connectivity index (χ4n) is 2.57. The SMILES string of the molecule is CC(C)N1C(=O)CC(=O)N(C(C)C)c2ccccc21. The van der Waals surface area contributed by atoms with Crippen molar-refractivity contribution in [2.24, 2.45) is 0 Å². The van der Waals surface area contributed by atoms with E-state index in [2.05, 4.69) is 0 Å². The van der Waals surface area contributed by atoms with Crippen LogP contribution in [0, 0.1) is 0 Å². The molecule has 0 radical (unpaired) electrons. The Hall–Kier alpha value is -1.84. The van der Waals surface area contributed by atoms with E-state index in [1.807, 2.05) is 52.0 Å². The van der Waals surface area contributed by atoms with Gasteiger partial charge in [0.25, 0.3) is 0 Å². The molecule has 0 unspecified atom stereocenters. The van der Waals surface area contributed by atoms with E-state index in [0.29, 0.717) is 0 Å². The van der Waals surface area contributed by atoms with Gasteiger partial charge in [-0.05, 0) is 39.8 Å². The summed E-state index contributed by atoms with van der Waals surface area (Å²) in [5.74, 6) is -0.258. The molecule has 0 aliphatic carbocycles. The molecule has 2 amide bonds. The van der Waals surface area contributed by atoms with Gasteiger partial charge in [-0.3, -0.25) is 9.59 Å². The molecule has 0 saturated carbocycles. The van der Waals surface area contributed by atoms with Gasteiger partial charge in [0.15, 0.2) is 0 Å². The van der Waals surface area contributed by atoms with Crippen molar-refractivity contribution in [1.29, 1.82) is 0 Å². The van der Waals surface area contributed by atoms with Gasteiger partial charge in [0.2, 0.25) is 11.8 Å². The summed E-state index contributed by atoms with van der Waals surface area (Å²) in [5, 5.41) is 0. The molecule has 1 aliphatic heterocycles. The third-order valence-corrected chi connectivity index (χ3v) is 3.27. The number of carbonyl (C=O) groups excluding carboxylic acids is 2. The van der Waals surface area contributed by atoms with Crippen molar-refractivity contribution in [2.75, 3.05) is 9.80 Å². The first-order chi connectivity index (χ1) is 8.93. The maximum atomic E-state index is 12.3. The van der Waals surface area contributed by atoms with E-state index >= 15 is 0 Å². The molecule has 4 nitrogen and oxygen atoms in total. The molecule has 19 heavy (non-hydrogen) atoms. The molecule has 1 aliphatic rings. The van der Waals surface area contributed by atoms with E-state index < -0.39 is 0 Å². The molecule has 0 spiro atoms. The second-order valence-electron chi connectivity index (χ2n) is 5.38. The van der Waals surface area contributed by atoms with Crippen molar-refractivity contribution in [3.8, 4) is 0 Å². The first-order valence-corrected chi connectivity index (χ1v) is 6.66. The quantitative estimate of drug-likeness (QED) is 0.767. The monoisotopic (exact) mass is 260 g/mol. The predicted octanol–water partition coefficient (Wildman–Crippen LogP) is 2.57. The zero-order valence-electron chi connectivity index (χ0n) is 11.9. The summed E-state index contributed by atoms with van der Waals surface area (Å²) in [4.78, 5) is 28.0. The number of nitrogens with zero attached hydrogens (tertiary/aromatic N) is 2. The first kappa shape index (κ1) is 13.6. The van der Waals surface area contributed by atoms with Gasteiger partial charge in [0.05, 0.1) is 11.4 Å². The zero-order chi connectivity index (χ0) is 14.2. The van der Waals surface area contributed by atoms with Crippen molar-refractivity contribution >= 4 is 23.2 Å². The summed E-state index contributed by atoms with van der Waals surface area (Å²) in [5.41, 5.74) is 1.64. The van der Waals surface area contributed by atoms with Crippen molar-refractivity contribution in [2.45, 2.75) is 46.2 Å². The number of hydrogen-bond acceptors (Lipinski definition) is 2. The van der Waals surface area contributed by atoms with Crippen LogP contribution in [0.15, 0.2) is 24.3 Å². The highest BCUT2D eigenvalue weighted by molar-refractivity contribution is 6.15. The fourth-order valence-corrected chi connectivity index (χ4v) is 2.57. The number of hydrogen-bond donors (Lipinski definition) is 0. The molecule has 0 fully saturated rings. The summed E-state index contributed by atoms with van der Waals surface area (Å²) < 4.78 is 0. The molecule has 0 N–H and O–H groups in total. The molecule has 1 aromatic carbocycles. The third-order valence-electron chi connectivity index (χ3n) is 3.27. The number of anilines is 2. The number of fused-ring (bicyclic) bond motifs is 1. The van der Waals surface area contributed by atoms with Crippen LogP contribution < -0.4 is 9.80 Å². The molecule has 0 bridgehead atoms. The Bertz CT molecular complexity index is 464. The third kappa shape index (κ3) is 2.35. The van der Waals surface area contributed by atoms with Gasteiger partial charge < -0.3 is 9.80 Å². The first-order valence-electron chi connectivity index (χ1n) is 6.66. The van der Waals surface area contributed by atoms with Gasteiger partial charge in [-0.15, -0.1) is 0 Å². The van der Waals surface area contributed by atoms with Crippen LogP contribution >= 0.6 is 0 Å². The minimum atomic E-state index is -0.129. The number of benzene rings is 1. The smallest absolute Gasteiger partial charge is 0.236 e. The number of para-hydroxylation sites is 2. The maximum Gasteiger partial charge on any atom is 0.236 e. The average Bonchev–Trinajstić information content (AvgIpc) is 2.40. The molecule has 0 saturated heterocycles. The fraction of sp³-hybridized carbons (Fsp3) is 0.467. The Morgan fingerprint density at radius 1 is 0.842 bits per heavy atom. The van der Waals surface area contributed by atoms with E-state index in [0.717, 1.165) is 11.4 Å². The Morgan fingerprint density at radius 2 is 1.21 bits per heavy atom. The predicted molar refractivity (Wildman–Crippen MR) is 76.3 cm³/mol. The van der Waals surface area contributed by atoms with Crippen molar-refractivity contribution < 1.29 is 9.59 Å². The second-order valence-corrected chi connectivity index (χ2v) is 5.38. The Balaban J connectivity index is 2.63. The molecule has 0 atom stereocenters. The molecule has 102 valence electrons. The second kappa shape index (κ2) is 5.03. The molecule has 4 heteroatoms. The summed E-state index contributed by atoms with van der Waals surface area (Å²) >= 11 is 0. The highest BCUT2D eigenvalue weighted by Gasteiger charge is 2.33. The van der Waals surface area contributed by atoms with Crippen LogP contribution in [0.1, 0.15) is 34.1 Å². The van der Waals surface area contributed by atoms with Gasteiger partial charge >= 0.3 is 0 Å². The van der Waals surface area contributed by atoms with Crippen LogP contribution in [0.25, 0.3) is 0 Å². The van der Waals surface area contributed by atoms with Crippen LogP contribution in [0.3, 0.4) is 0 Å². The zero-order valence-corrected chi connectivity index (χ0v) is 11.9. The van der Waals surface area contributed by atoms with Gasteiger partial charge in [0.1, 0.15) is 6.42 Å². The standard InChI is InChI=1S/C15H20N2O2/c1-10(2)16-12-7-5-6-8-13(12)17(11(3)4)15(19)9-14(16)18/h5-8,10-11H,9H2,1-4H3. The number of rotatable bonds is 2. The van der Waals surface area contributed by atoms with Gasteiger partial charge in [-0.25, -0.2) is 0 Å². The summed E-state index contributed by atoms with van der Waals surface area (Å²) in [6.45, 7) is 7.85. The van der Waals surface area contributed by atoms with Gasteiger partial charge in [-0.1, -0.05) is 12.1 Å². The van der Waals surface area contributed by atoms with Crippen LogP contribution in [0.2, 0.25) is 0 Å². The number of carbonyl (C=O) groups is 2. The molecule has 1 aromatic rings. The minimum absolute atomic E-state index is 0.0357. The van der Waals surface area contributed by atoms with Crippen LogP contribution in [-0.2, 0) is 9.59 Å². The van der Waals surface area contributed by atoms with Crippen molar-refractivity contribution in [3.05, 3.63) is 24.3 Å². The summed E-state index contributed by atoms with van der Waals surface area (Å²) in [6, 6.07) is 7.68. The Kier molecular flexibility index (Phi) is 3.60. The lowest BCUT2D eigenvalue weighted by Gasteiger charge is -2.29. The highest BCUT2D eigenvalue weighted by Crippen LogP contribution is 2.35. The van der Waals surface area contributed by atoms with E-state index in [4.69, 9.17) is 0 Å². The molecular weight excluding hydrogens is 240 g/mol. The van der Waals surface area contributed by atoms with Crippen molar-refractivity contribution in [3.63, 3.8) is 0 Å². The van der Waals surface area contributed by atoms with E-state index in [1.165, 1.54) is 0 Å². The lowest BCUT2D eigenvalue weighted by Crippen LogP contribution is -2.38. The van der Waals surface area contributed by atoms with Crippen LogP contribution in [0.5, 0.6) is 0 Å². The molecule has 0 aromatic heterocycles. The largest absolute Gasteiger partial charge is 0.307 e. The average molecular weight is 260 g/mol. The Morgan fingerprint density at radius 3 is 1.53 bits per heavy atom. The number of amides is 2. The normalized spacial score (nSPS) is 16.1. The summed E-state index contributed by atoms with van der Waals surface area (Å²) in [7, 11) is 0. The van der Waals surface area contributed by atoms with Gasteiger partial charge in [0, 0.05) is 12.1 Å². The summed E-state index contributed by atoms with van der Waals surface area (Å²) in [6.07, 6.45) is -0.0644. The molecular formula is C15H20N2O2. The van der Waals surface area contributed by atoms with Crippen LogP contribution in [-0.4, -0.2) is 23.9 Å². The van der Waals surface area contributed by atoms with Crippen molar-refractivity contribution in [1.82, 2.24) is 0 Å². The van der Waals surface area contributed by atoms with Gasteiger partial charge in [-0.2, -0.15) is 0 Å². The molecule has 1 heterocycles. The Labute approximate surface area is 114 Å². The lowest BCUT2D eigenvalue weighted by atomic mass is 10.2. The van der Waals surface area contributed by atoms with E-state index in [1.54, 1.807) is 9.80 Å². The highest BCUT2D eigenvalue weighted by atomic mass is 16.2.